The van der Waals surface area contributed by atoms with E-state index in [2.05, 4.69) is 38.6 Å². The van der Waals surface area contributed by atoms with Gasteiger partial charge in [0.2, 0.25) is 5.91 Å². The molecule has 2 heterocycles. The van der Waals surface area contributed by atoms with E-state index < -0.39 is 0 Å². The summed E-state index contributed by atoms with van der Waals surface area (Å²) >= 11 is 6.01. The summed E-state index contributed by atoms with van der Waals surface area (Å²) in [5.74, 6) is 0.953. The number of H-pyrrole nitrogens is 1. The third-order valence-electron chi connectivity index (χ3n) is 5.01. The Bertz CT molecular complexity index is 940. The number of nitrogens with zero attached hydrogens (tertiary/aromatic N) is 2. The highest BCUT2D eigenvalue weighted by atomic mass is 35.5. The normalized spacial score (nSPS) is 16.8. The zero-order valence-corrected chi connectivity index (χ0v) is 16.3. The van der Waals surface area contributed by atoms with Gasteiger partial charge in [-0.15, -0.1) is 0 Å². The number of rotatable bonds is 5. The highest BCUT2D eigenvalue weighted by Gasteiger charge is 2.23. The number of benzene rings is 2. The maximum atomic E-state index is 12.4. The predicted molar refractivity (Wildman–Crippen MR) is 113 cm³/mol. The second kappa shape index (κ2) is 8.48. The van der Waals surface area contributed by atoms with E-state index in [0.717, 1.165) is 48.6 Å². The summed E-state index contributed by atoms with van der Waals surface area (Å²) in [5.41, 5.74) is 3.05. The molecule has 1 amide bonds. The lowest BCUT2D eigenvalue weighted by Gasteiger charge is -2.33. The van der Waals surface area contributed by atoms with Crippen LogP contribution in [0.5, 0.6) is 0 Å². The van der Waals surface area contributed by atoms with E-state index in [4.69, 9.17) is 11.6 Å². The van der Waals surface area contributed by atoms with Gasteiger partial charge in [0.25, 0.3) is 0 Å². The molecule has 1 aliphatic heterocycles. The van der Waals surface area contributed by atoms with Gasteiger partial charge in [0.15, 0.2) is 5.82 Å². The number of aromatic amines is 1. The number of hydrogen-bond donors (Lipinski definition) is 2. The molecule has 0 spiro atoms. The second-order valence-corrected chi connectivity index (χ2v) is 7.60. The summed E-state index contributed by atoms with van der Waals surface area (Å²) in [5, 5.41) is 11.4. The van der Waals surface area contributed by atoms with E-state index >= 15 is 0 Å². The lowest BCUT2D eigenvalue weighted by molar-refractivity contribution is -0.121. The monoisotopic (exact) mass is 394 g/mol. The average Bonchev–Trinajstić information content (AvgIpc) is 3.19. The van der Waals surface area contributed by atoms with Crippen molar-refractivity contribution in [3.05, 3.63) is 71.2 Å². The fourth-order valence-corrected chi connectivity index (χ4v) is 3.87. The third-order valence-corrected chi connectivity index (χ3v) is 5.25. The van der Waals surface area contributed by atoms with Crippen molar-refractivity contribution in [1.82, 2.24) is 15.5 Å². The fourth-order valence-electron chi connectivity index (χ4n) is 3.65. The van der Waals surface area contributed by atoms with Crippen LogP contribution in [0.4, 0.5) is 5.82 Å². The van der Waals surface area contributed by atoms with Crippen molar-refractivity contribution in [3.8, 4) is 11.3 Å². The average molecular weight is 395 g/mol. The molecule has 2 N–H and O–H groups in total. The van der Waals surface area contributed by atoms with Gasteiger partial charge < -0.3 is 10.2 Å². The van der Waals surface area contributed by atoms with Gasteiger partial charge >= 0.3 is 0 Å². The number of carbonyl (C=O) groups excluding carboxylic acids is 1. The number of amides is 1. The van der Waals surface area contributed by atoms with E-state index in [9.17, 15) is 4.79 Å². The number of halogens is 1. The Labute approximate surface area is 169 Å². The van der Waals surface area contributed by atoms with E-state index in [1.807, 2.05) is 42.5 Å². The summed E-state index contributed by atoms with van der Waals surface area (Å²) < 4.78 is 0. The van der Waals surface area contributed by atoms with E-state index in [1.165, 1.54) is 0 Å². The quantitative estimate of drug-likeness (QED) is 0.686. The third kappa shape index (κ3) is 4.54. The molecule has 5 nitrogen and oxygen atoms in total. The van der Waals surface area contributed by atoms with Gasteiger partial charge in [-0.1, -0.05) is 54.1 Å². The molecule has 0 bridgehead atoms. The molecule has 1 atom stereocenters. The van der Waals surface area contributed by atoms with Crippen LogP contribution < -0.4 is 10.2 Å². The minimum Gasteiger partial charge on any atom is -0.353 e. The van der Waals surface area contributed by atoms with E-state index in [1.54, 1.807) is 0 Å². The molecule has 3 aromatic rings. The molecule has 1 saturated heterocycles. The summed E-state index contributed by atoms with van der Waals surface area (Å²) in [4.78, 5) is 14.7. The van der Waals surface area contributed by atoms with Crippen LogP contribution in [0.25, 0.3) is 11.3 Å². The molecule has 1 aliphatic rings. The topological polar surface area (TPSA) is 61.0 Å². The minimum absolute atomic E-state index is 0.0288. The number of nitrogens with one attached hydrogen (secondary N) is 2. The standard InChI is InChI=1S/C22H23ClN4O/c23-18-9-4-6-16(12-18)13-22(28)24-19-10-5-11-27(15-19)21-14-20(25-26-21)17-7-2-1-3-8-17/h1-4,6-9,12,14,19H,5,10-11,13,15H2,(H,24,28)(H,25,26). The van der Waals surface area contributed by atoms with Gasteiger partial charge in [0.1, 0.15) is 0 Å². The Hall–Kier alpha value is -2.79. The summed E-state index contributed by atoms with van der Waals surface area (Å²) in [6, 6.07) is 19.8. The van der Waals surface area contributed by atoms with Gasteiger partial charge in [-0.25, -0.2) is 0 Å². The first-order valence-corrected chi connectivity index (χ1v) is 9.95. The van der Waals surface area contributed by atoms with Crippen molar-refractivity contribution in [1.29, 1.82) is 0 Å². The highest BCUT2D eigenvalue weighted by Crippen LogP contribution is 2.24. The summed E-state index contributed by atoms with van der Waals surface area (Å²) in [6.45, 7) is 1.71. The van der Waals surface area contributed by atoms with E-state index in [0.29, 0.717) is 11.4 Å². The van der Waals surface area contributed by atoms with Crippen LogP contribution in [0, 0.1) is 0 Å². The first-order valence-electron chi connectivity index (χ1n) is 9.57. The molecule has 144 valence electrons. The Morgan fingerprint density at radius 1 is 1.18 bits per heavy atom. The lowest BCUT2D eigenvalue weighted by Crippen LogP contribution is -2.48. The van der Waals surface area contributed by atoms with Crippen molar-refractivity contribution >= 4 is 23.3 Å². The molecular weight excluding hydrogens is 372 g/mol. The maximum Gasteiger partial charge on any atom is 0.224 e. The number of anilines is 1. The number of aromatic nitrogens is 2. The molecule has 0 radical (unpaired) electrons. The number of carbonyl (C=O) groups is 1. The second-order valence-electron chi connectivity index (χ2n) is 7.17. The van der Waals surface area contributed by atoms with Crippen LogP contribution in [0.1, 0.15) is 18.4 Å². The minimum atomic E-state index is 0.0288. The first kappa shape index (κ1) is 18.6. The predicted octanol–water partition coefficient (Wildman–Crippen LogP) is 4.06. The maximum absolute atomic E-state index is 12.4. The molecular formula is C22H23ClN4O. The van der Waals surface area contributed by atoms with Gasteiger partial charge in [0.05, 0.1) is 12.1 Å². The Morgan fingerprint density at radius 3 is 2.86 bits per heavy atom. The molecule has 0 saturated carbocycles. The van der Waals surface area contributed by atoms with Crippen LogP contribution in [0.3, 0.4) is 0 Å². The van der Waals surface area contributed by atoms with Crippen LogP contribution in [-0.4, -0.2) is 35.2 Å². The van der Waals surface area contributed by atoms with Crippen molar-refractivity contribution in [3.63, 3.8) is 0 Å². The first-order chi connectivity index (χ1) is 13.7. The van der Waals surface area contributed by atoms with Crippen LogP contribution in [0.15, 0.2) is 60.7 Å². The molecule has 2 aromatic carbocycles. The van der Waals surface area contributed by atoms with Gasteiger partial charge in [-0.3, -0.25) is 9.89 Å². The SMILES string of the molecule is O=C(Cc1cccc(Cl)c1)NC1CCCN(c2cc(-c3ccccc3)[nH]n2)C1. The van der Waals surface area contributed by atoms with Crippen LogP contribution >= 0.6 is 11.6 Å². The molecule has 0 aliphatic carbocycles. The Balaban J connectivity index is 1.37. The molecule has 4 rings (SSSR count). The zero-order chi connectivity index (χ0) is 19.3. The molecule has 1 aromatic heterocycles. The number of hydrogen-bond acceptors (Lipinski definition) is 3. The molecule has 1 unspecified atom stereocenters. The lowest BCUT2D eigenvalue weighted by atomic mass is 10.0. The van der Waals surface area contributed by atoms with Crippen molar-refractivity contribution in [2.75, 3.05) is 18.0 Å². The largest absolute Gasteiger partial charge is 0.353 e. The van der Waals surface area contributed by atoms with Crippen molar-refractivity contribution in [2.24, 2.45) is 0 Å². The van der Waals surface area contributed by atoms with Crippen LogP contribution in [-0.2, 0) is 11.2 Å². The summed E-state index contributed by atoms with van der Waals surface area (Å²) in [7, 11) is 0. The Kier molecular flexibility index (Phi) is 5.63. The molecule has 28 heavy (non-hydrogen) atoms. The van der Waals surface area contributed by atoms with Gasteiger partial charge in [0, 0.05) is 30.2 Å². The van der Waals surface area contributed by atoms with Crippen LogP contribution in [0.2, 0.25) is 5.02 Å². The van der Waals surface area contributed by atoms with Gasteiger partial charge in [-0.2, -0.15) is 5.10 Å². The zero-order valence-electron chi connectivity index (χ0n) is 15.6. The van der Waals surface area contributed by atoms with E-state index in [-0.39, 0.29) is 11.9 Å². The Morgan fingerprint density at radius 2 is 2.04 bits per heavy atom. The number of piperidine rings is 1. The fraction of sp³-hybridized carbons (Fsp3) is 0.273. The molecule has 6 heteroatoms. The smallest absolute Gasteiger partial charge is 0.224 e. The van der Waals surface area contributed by atoms with Crippen molar-refractivity contribution in [2.45, 2.75) is 25.3 Å². The highest BCUT2D eigenvalue weighted by molar-refractivity contribution is 6.30. The summed E-state index contributed by atoms with van der Waals surface area (Å²) in [6.07, 6.45) is 2.35. The molecule has 1 fully saturated rings. The van der Waals surface area contributed by atoms with Gasteiger partial charge in [-0.05, 0) is 36.1 Å². The van der Waals surface area contributed by atoms with Crippen molar-refractivity contribution < 1.29 is 4.79 Å².